The molecule has 2 aromatic rings. The van der Waals surface area contributed by atoms with Crippen molar-refractivity contribution in [2.45, 2.75) is 18.7 Å². The second-order valence-electron chi connectivity index (χ2n) is 4.66. The molecule has 0 spiro atoms. The Hall–Kier alpha value is -1.85. The molecule has 110 valence electrons. The molecule has 4 nitrogen and oxygen atoms in total. The number of ketones is 1. The van der Waals surface area contributed by atoms with Crippen molar-refractivity contribution in [3.63, 3.8) is 0 Å². The van der Waals surface area contributed by atoms with Gasteiger partial charge in [-0.25, -0.2) is 8.42 Å². The van der Waals surface area contributed by atoms with Gasteiger partial charge >= 0.3 is 0 Å². The average molecular weight is 324 g/mol. The molecule has 6 heteroatoms. The zero-order valence-electron chi connectivity index (χ0n) is 11.6. The molecule has 0 atom stereocenters. The Balaban J connectivity index is 2.43. The topological polar surface area (TPSA) is 63.2 Å². The third-order valence-electron chi connectivity index (χ3n) is 2.94. The third-order valence-corrected chi connectivity index (χ3v) is 4.55. The first-order valence-corrected chi connectivity index (χ1v) is 8.06. The molecule has 0 radical (unpaired) electrons. The lowest BCUT2D eigenvalue weighted by Crippen LogP contribution is -2.15. The van der Waals surface area contributed by atoms with Gasteiger partial charge in [0.25, 0.3) is 10.0 Å². The van der Waals surface area contributed by atoms with Crippen molar-refractivity contribution in [3.8, 4) is 0 Å². The maximum Gasteiger partial charge on any atom is 0.261 e. The van der Waals surface area contributed by atoms with E-state index in [4.69, 9.17) is 11.6 Å². The van der Waals surface area contributed by atoms with Crippen molar-refractivity contribution >= 4 is 33.1 Å². The fraction of sp³-hybridized carbons (Fsp3) is 0.133. The molecular weight excluding hydrogens is 310 g/mol. The van der Waals surface area contributed by atoms with Crippen LogP contribution in [0, 0.1) is 6.92 Å². The minimum Gasteiger partial charge on any atom is -0.294 e. The summed E-state index contributed by atoms with van der Waals surface area (Å²) in [4.78, 5) is 11.7. The summed E-state index contributed by atoms with van der Waals surface area (Å²) in [5.41, 5.74) is 1.41. The van der Waals surface area contributed by atoms with E-state index < -0.39 is 10.0 Å². The highest BCUT2D eigenvalue weighted by atomic mass is 35.5. The molecule has 21 heavy (non-hydrogen) atoms. The van der Waals surface area contributed by atoms with Crippen LogP contribution in [0.1, 0.15) is 22.8 Å². The van der Waals surface area contributed by atoms with E-state index in [1.807, 2.05) is 6.92 Å². The van der Waals surface area contributed by atoms with Crippen LogP contribution in [0.25, 0.3) is 0 Å². The molecule has 0 unspecified atom stereocenters. The number of rotatable bonds is 4. The van der Waals surface area contributed by atoms with Crippen LogP contribution in [0.5, 0.6) is 0 Å². The van der Waals surface area contributed by atoms with Crippen molar-refractivity contribution in [1.29, 1.82) is 0 Å². The summed E-state index contributed by atoms with van der Waals surface area (Å²) in [6.45, 7) is 3.24. The molecule has 2 aromatic carbocycles. The number of carbonyl (C=O) groups excluding carboxylic acids is 1. The van der Waals surface area contributed by atoms with Crippen LogP contribution < -0.4 is 4.72 Å². The van der Waals surface area contributed by atoms with Crippen molar-refractivity contribution in [1.82, 2.24) is 0 Å². The second-order valence-corrected chi connectivity index (χ2v) is 6.78. The summed E-state index contributed by atoms with van der Waals surface area (Å²) < 4.78 is 27.1. The van der Waals surface area contributed by atoms with Gasteiger partial charge in [-0.3, -0.25) is 9.52 Å². The minimum absolute atomic E-state index is 0.127. The fourth-order valence-corrected chi connectivity index (χ4v) is 3.07. The van der Waals surface area contributed by atoms with E-state index >= 15 is 0 Å². The van der Waals surface area contributed by atoms with E-state index in [1.165, 1.54) is 31.2 Å². The smallest absolute Gasteiger partial charge is 0.261 e. The molecule has 0 saturated carbocycles. The van der Waals surface area contributed by atoms with Gasteiger partial charge in [-0.1, -0.05) is 29.3 Å². The van der Waals surface area contributed by atoms with Crippen LogP contribution in [0.15, 0.2) is 47.4 Å². The maximum atomic E-state index is 12.3. The third kappa shape index (κ3) is 3.62. The number of hydrogen-bond donors (Lipinski definition) is 1. The average Bonchev–Trinajstić information content (AvgIpc) is 2.38. The first kappa shape index (κ1) is 15.5. The molecule has 2 rings (SSSR count). The molecule has 0 aromatic heterocycles. The fourth-order valence-electron chi connectivity index (χ4n) is 1.83. The van der Waals surface area contributed by atoms with Gasteiger partial charge in [-0.2, -0.15) is 0 Å². The van der Waals surface area contributed by atoms with Gasteiger partial charge in [-0.05, 0) is 44.2 Å². The van der Waals surface area contributed by atoms with E-state index in [2.05, 4.69) is 4.72 Å². The van der Waals surface area contributed by atoms with E-state index in [1.54, 1.807) is 18.2 Å². The van der Waals surface area contributed by atoms with Crippen molar-refractivity contribution in [2.75, 3.05) is 4.72 Å². The highest BCUT2D eigenvalue weighted by molar-refractivity contribution is 7.92. The van der Waals surface area contributed by atoms with Gasteiger partial charge in [-0.15, -0.1) is 0 Å². The lowest BCUT2D eigenvalue weighted by molar-refractivity contribution is 0.101. The zero-order chi connectivity index (χ0) is 15.6. The Labute approximate surface area is 128 Å². The Kier molecular flexibility index (Phi) is 4.34. The summed E-state index contributed by atoms with van der Waals surface area (Å²) in [6.07, 6.45) is 0. The molecule has 0 saturated heterocycles. The quantitative estimate of drug-likeness (QED) is 0.873. The van der Waals surface area contributed by atoms with Crippen molar-refractivity contribution < 1.29 is 13.2 Å². The molecule has 0 aliphatic heterocycles. The lowest BCUT2D eigenvalue weighted by Gasteiger charge is -2.11. The van der Waals surface area contributed by atoms with Gasteiger partial charge in [0.05, 0.1) is 10.6 Å². The number of hydrogen-bond acceptors (Lipinski definition) is 3. The first-order chi connectivity index (χ1) is 9.79. The second kappa shape index (κ2) is 5.87. The molecule has 0 aliphatic carbocycles. The molecule has 0 aliphatic rings. The molecule has 1 N–H and O–H groups in total. The van der Waals surface area contributed by atoms with Crippen LogP contribution in [0.2, 0.25) is 5.02 Å². The van der Waals surface area contributed by atoms with E-state index in [0.29, 0.717) is 5.02 Å². The van der Waals surface area contributed by atoms with Crippen molar-refractivity contribution in [3.05, 3.63) is 58.6 Å². The van der Waals surface area contributed by atoms with E-state index in [-0.39, 0.29) is 21.9 Å². The summed E-state index contributed by atoms with van der Waals surface area (Å²) in [6, 6.07) is 10.9. The number of benzene rings is 2. The van der Waals surface area contributed by atoms with Gasteiger partial charge in [0, 0.05) is 10.6 Å². The van der Waals surface area contributed by atoms with E-state index in [0.717, 1.165) is 5.56 Å². The Morgan fingerprint density at radius 1 is 1.10 bits per heavy atom. The van der Waals surface area contributed by atoms with Crippen LogP contribution in [-0.4, -0.2) is 14.2 Å². The Bertz CT molecular complexity index is 783. The first-order valence-electron chi connectivity index (χ1n) is 6.19. The summed E-state index contributed by atoms with van der Waals surface area (Å²) in [7, 11) is -3.76. The van der Waals surface area contributed by atoms with Crippen LogP contribution >= 0.6 is 11.6 Å². The molecule has 0 amide bonds. The normalized spacial score (nSPS) is 11.2. The minimum atomic E-state index is -3.76. The molecule has 0 fully saturated rings. The van der Waals surface area contributed by atoms with Gasteiger partial charge < -0.3 is 0 Å². The summed E-state index contributed by atoms with van der Waals surface area (Å²) >= 11 is 5.87. The predicted octanol–water partition coefficient (Wildman–Crippen LogP) is 3.65. The summed E-state index contributed by atoms with van der Waals surface area (Å²) in [5, 5.41) is 0.349. The molecule has 0 heterocycles. The number of aryl methyl sites for hydroxylation is 1. The number of Topliss-reactive ketones (excluding diaryl/α,β-unsaturated/α-hetero) is 1. The number of anilines is 1. The van der Waals surface area contributed by atoms with Gasteiger partial charge in [0.1, 0.15) is 0 Å². The zero-order valence-corrected chi connectivity index (χ0v) is 13.1. The Morgan fingerprint density at radius 3 is 2.29 bits per heavy atom. The number of sulfonamides is 1. The standard InChI is InChI=1S/C15H14ClNO3S/c1-10-3-6-13(7-4-10)21(19,20)17-15-9-12(16)5-8-14(15)11(2)18/h3-9,17H,1-2H3. The Morgan fingerprint density at radius 2 is 1.71 bits per heavy atom. The van der Waals surface area contributed by atoms with Crippen LogP contribution in [0.3, 0.4) is 0 Å². The molecule has 0 bridgehead atoms. The highest BCUT2D eigenvalue weighted by Crippen LogP contribution is 2.24. The van der Waals surface area contributed by atoms with Crippen molar-refractivity contribution in [2.24, 2.45) is 0 Å². The van der Waals surface area contributed by atoms with Crippen LogP contribution in [-0.2, 0) is 10.0 Å². The number of halogens is 1. The SMILES string of the molecule is CC(=O)c1ccc(Cl)cc1NS(=O)(=O)c1ccc(C)cc1. The predicted molar refractivity (Wildman–Crippen MR) is 83.4 cm³/mol. The van der Waals surface area contributed by atoms with Gasteiger partial charge in [0.15, 0.2) is 5.78 Å². The largest absolute Gasteiger partial charge is 0.294 e. The lowest BCUT2D eigenvalue weighted by atomic mass is 10.1. The maximum absolute atomic E-state index is 12.3. The summed E-state index contributed by atoms with van der Waals surface area (Å²) in [5.74, 6) is -0.242. The monoisotopic (exact) mass is 323 g/mol. The van der Waals surface area contributed by atoms with Gasteiger partial charge in [0.2, 0.25) is 0 Å². The van der Waals surface area contributed by atoms with E-state index in [9.17, 15) is 13.2 Å². The number of carbonyl (C=O) groups is 1. The highest BCUT2D eigenvalue weighted by Gasteiger charge is 2.17. The molecular formula is C15H14ClNO3S. The van der Waals surface area contributed by atoms with Crippen LogP contribution in [0.4, 0.5) is 5.69 Å². The number of nitrogens with one attached hydrogen (secondary N) is 1.